The molecule has 36 heavy (non-hydrogen) atoms. The summed E-state index contributed by atoms with van der Waals surface area (Å²) in [6.07, 6.45) is 4.56. The Labute approximate surface area is 217 Å². The molecule has 0 bridgehead atoms. The Bertz CT molecular complexity index is 1690. The Balaban J connectivity index is 1.70. The van der Waals surface area contributed by atoms with Gasteiger partial charge in [-0.3, -0.25) is 4.98 Å². The average molecular weight is 540 g/mol. The SMILES string of the molecule is COc1cc(-c2ccc(C)c(Cl)c2)c(Cl)cc1N(c1ccon1)S(=O)(=O)c1ccc2cnccc2c1. The van der Waals surface area contributed by atoms with Crippen LogP contribution in [0.4, 0.5) is 11.5 Å². The van der Waals surface area contributed by atoms with E-state index < -0.39 is 10.0 Å². The Morgan fingerprint density at radius 1 is 0.944 bits per heavy atom. The molecule has 2 aromatic heterocycles. The van der Waals surface area contributed by atoms with Crippen LogP contribution in [0, 0.1) is 6.92 Å². The van der Waals surface area contributed by atoms with Gasteiger partial charge in [-0.05, 0) is 59.8 Å². The van der Waals surface area contributed by atoms with Gasteiger partial charge < -0.3 is 9.26 Å². The highest BCUT2D eigenvalue weighted by Crippen LogP contribution is 2.44. The van der Waals surface area contributed by atoms with E-state index in [0.29, 0.717) is 15.6 Å². The van der Waals surface area contributed by atoms with E-state index in [-0.39, 0.29) is 22.2 Å². The van der Waals surface area contributed by atoms with E-state index in [1.807, 2.05) is 19.1 Å². The molecule has 182 valence electrons. The molecule has 0 aliphatic heterocycles. The molecule has 0 N–H and O–H groups in total. The number of halogens is 2. The van der Waals surface area contributed by atoms with Gasteiger partial charge in [-0.15, -0.1) is 0 Å². The van der Waals surface area contributed by atoms with E-state index in [4.69, 9.17) is 32.5 Å². The molecule has 0 saturated carbocycles. The molecule has 2 heterocycles. The molecule has 0 aliphatic carbocycles. The lowest BCUT2D eigenvalue weighted by Gasteiger charge is -2.25. The van der Waals surface area contributed by atoms with Crippen molar-refractivity contribution < 1.29 is 17.7 Å². The van der Waals surface area contributed by atoms with Crippen molar-refractivity contribution in [2.24, 2.45) is 0 Å². The summed E-state index contributed by atoms with van der Waals surface area (Å²) in [5.74, 6) is 0.313. The molecule has 5 rings (SSSR count). The minimum absolute atomic E-state index is 0.0466. The molecule has 0 aliphatic rings. The van der Waals surface area contributed by atoms with E-state index in [1.54, 1.807) is 42.7 Å². The van der Waals surface area contributed by atoms with Crippen LogP contribution in [0.3, 0.4) is 0 Å². The highest BCUT2D eigenvalue weighted by Gasteiger charge is 2.32. The molecule has 10 heteroatoms. The molecule has 0 fully saturated rings. The molecule has 0 radical (unpaired) electrons. The van der Waals surface area contributed by atoms with E-state index in [9.17, 15) is 8.42 Å². The maximum atomic E-state index is 14.0. The fourth-order valence-electron chi connectivity index (χ4n) is 3.86. The number of hydrogen-bond acceptors (Lipinski definition) is 6. The quantitative estimate of drug-likeness (QED) is 0.230. The number of nitrogens with zero attached hydrogens (tertiary/aromatic N) is 3. The van der Waals surface area contributed by atoms with Crippen LogP contribution < -0.4 is 9.04 Å². The van der Waals surface area contributed by atoms with Crippen LogP contribution in [-0.2, 0) is 10.0 Å². The van der Waals surface area contributed by atoms with Crippen molar-refractivity contribution in [1.82, 2.24) is 10.1 Å². The zero-order chi connectivity index (χ0) is 25.4. The predicted molar refractivity (Wildman–Crippen MR) is 141 cm³/mol. The van der Waals surface area contributed by atoms with Crippen molar-refractivity contribution in [2.45, 2.75) is 11.8 Å². The van der Waals surface area contributed by atoms with E-state index in [0.717, 1.165) is 26.2 Å². The zero-order valence-corrected chi connectivity index (χ0v) is 21.5. The van der Waals surface area contributed by atoms with Crippen LogP contribution >= 0.6 is 23.2 Å². The summed E-state index contributed by atoms with van der Waals surface area (Å²) < 4.78 is 39.7. The van der Waals surface area contributed by atoms with Crippen molar-refractivity contribution >= 4 is 55.5 Å². The molecule has 0 amide bonds. The van der Waals surface area contributed by atoms with E-state index >= 15 is 0 Å². The Kier molecular flexibility index (Phi) is 6.34. The number of aromatic nitrogens is 2. The molecule has 0 atom stereocenters. The van der Waals surface area contributed by atoms with Gasteiger partial charge in [0.25, 0.3) is 10.0 Å². The standard InChI is InChI=1S/C26H19Cl2N3O4S/c1-16-3-4-18(12-22(16)27)21-13-25(34-2)24(14-23(21)28)31(26-8-10-35-30-26)36(32,33)20-6-5-19-15-29-9-7-17(19)11-20/h3-15H,1-2H3. The summed E-state index contributed by atoms with van der Waals surface area (Å²) in [6.45, 7) is 1.90. The monoisotopic (exact) mass is 539 g/mol. The normalized spacial score (nSPS) is 11.6. The number of sulfonamides is 1. The summed E-state index contributed by atoms with van der Waals surface area (Å²) in [5, 5.41) is 6.33. The van der Waals surface area contributed by atoms with Gasteiger partial charge in [-0.2, -0.15) is 0 Å². The Morgan fingerprint density at radius 3 is 2.50 bits per heavy atom. The van der Waals surface area contributed by atoms with Crippen molar-refractivity contribution in [2.75, 3.05) is 11.4 Å². The molecular formula is C26H19Cl2N3O4S. The fourth-order valence-corrected chi connectivity index (χ4v) is 5.78. The summed E-state index contributed by atoms with van der Waals surface area (Å²) >= 11 is 13.0. The number of hydrogen-bond donors (Lipinski definition) is 0. The molecule has 7 nitrogen and oxygen atoms in total. The minimum Gasteiger partial charge on any atom is -0.495 e. The smallest absolute Gasteiger partial charge is 0.270 e. The van der Waals surface area contributed by atoms with Crippen LogP contribution in [0.2, 0.25) is 10.0 Å². The lowest BCUT2D eigenvalue weighted by Crippen LogP contribution is -2.27. The number of fused-ring (bicyclic) bond motifs is 1. The number of pyridine rings is 1. The molecule has 0 saturated heterocycles. The third-order valence-corrected chi connectivity index (χ3v) is 8.19. The number of methoxy groups -OCH3 is 1. The Morgan fingerprint density at radius 2 is 1.78 bits per heavy atom. The van der Waals surface area contributed by atoms with Gasteiger partial charge in [0, 0.05) is 34.4 Å². The first kappa shape index (κ1) is 24.1. The van der Waals surface area contributed by atoms with Crippen LogP contribution in [0.1, 0.15) is 5.56 Å². The van der Waals surface area contributed by atoms with Gasteiger partial charge in [0.2, 0.25) is 0 Å². The van der Waals surface area contributed by atoms with Crippen LogP contribution in [0.25, 0.3) is 21.9 Å². The van der Waals surface area contributed by atoms with E-state index in [1.165, 1.54) is 31.6 Å². The third-order valence-electron chi connectivity index (χ3n) is 5.75. The second-order valence-electron chi connectivity index (χ2n) is 7.98. The Hall–Kier alpha value is -3.59. The number of rotatable bonds is 6. The maximum absolute atomic E-state index is 14.0. The maximum Gasteiger partial charge on any atom is 0.270 e. The number of anilines is 2. The van der Waals surface area contributed by atoms with Crippen LogP contribution in [0.5, 0.6) is 5.75 Å². The van der Waals surface area contributed by atoms with Crippen LogP contribution in [-0.4, -0.2) is 25.7 Å². The topological polar surface area (TPSA) is 85.5 Å². The summed E-state index contributed by atoms with van der Waals surface area (Å²) in [5.41, 5.74) is 2.50. The van der Waals surface area contributed by atoms with Gasteiger partial charge >= 0.3 is 0 Å². The summed E-state index contributed by atoms with van der Waals surface area (Å²) in [7, 11) is -2.72. The lowest BCUT2D eigenvalue weighted by atomic mass is 10.0. The zero-order valence-electron chi connectivity index (χ0n) is 19.1. The number of benzene rings is 3. The first-order chi connectivity index (χ1) is 17.3. The third kappa shape index (κ3) is 4.28. The summed E-state index contributed by atoms with van der Waals surface area (Å²) in [4.78, 5) is 4.13. The van der Waals surface area contributed by atoms with E-state index in [2.05, 4.69) is 10.1 Å². The molecular weight excluding hydrogens is 521 g/mol. The highest BCUT2D eigenvalue weighted by atomic mass is 35.5. The van der Waals surface area contributed by atoms with Gasteiger partial charge in [-0.1, -0.05) is 46.6 Å². The van der Waals surface area contributed by atoms with Gasteiger partial charge in [0.1, 0.15) is 17.7 Å². The van der Waals surface area contributed by atoms with Crippen molar-refractivity contribution in [1.29, 1.82) is 0 Å². The molecule has 0 unspecified atom stereocenters. The van der Waals surface area contributed by atoms with Gasteiger partial charge in [-0.25, -0.2) is 12.7 Å². The average Bonchev–Trinajstić information content (AvgIpc) is 3.40. The molecule has 3 aromatic carbocycles. The fraction of sp³-hybridized carbons (Fsp3) is 0.0769. The van der Waals surface area contributed by atoms with Gasteiger partial charge in [0.15, 0.2) is 5.82 Å². The number of aryl methyl sites for hydroxylation is 1. The predicted octanol–water partition coefficient (Wildman–Crippen LogP) is 7.04. The van der Waals surface area contributed by atoms with Crippen molar-refractivity contribution in [3.8, 4) is 16.9 Å². The lowest BCUT2D eigenvalue weighted by molar-refractivity contribution is 0.414. The molecule has 5 aromatic rings. The second kappa shape index (κ2) is 9.46. The first-order valence-electron chi connectivity index (χ1n) is 10.7. The van der Waals surface area contributed by atoms with Crippen molar-refractivity contribution in [3.63, 3.8) is 0 Å². The highest BCUT2D eigenvalue weighted by molar-refractivity contribution is 7.93. The van der Waals surface area contributed by atoms with Gasteiger partial charge in [0.05, 0.1) is 17.0 Å². The van der Waals surface area contributed by atoms with Crippen molar-refractivity contribution in [3.05, 3.63) is 94.9 Å². The second-order valence-corrected chi connectivity index (χ2v) is 10.6. The number of ether oxygens (including phenoxy) is 1. The van der Waals surface area contributed by atoms with Crippen LogP contribution in [0.15, 0.2) is 88.7 Å². The largest absolute Gasteiger partial charge is 0.495 e. The summed E-state index contributed by atoms with van der Waals surface area (Å²) in [6, 6.07) is 16.8. The minimum atomic E-state index is -4.18. The molecule has 0 spiro atoms. The first-order valence-corrected chi connectivity index (χ1v) is 12.9.